The van der Waals surface area contributed by atoms with Gasteiger partial charge in [-0.1, -0.05) is 43.6 Å². The Kier molecular flexibility index (Phi) is 7.71. The lowest BCUT2D eigenvalue weighted by atomic mass is 10.0. The number of rotatable bonds is 8. The summed E-state index contributed by atoms with van der Waals surface area (Å²) in [4.78, 5) is 35.1. The molecule has 0 bridgehead atoms. The number of carboxylic acids is 1. The van der Waals surface area contributed by atoms with Gasteiger partial charge in [-0.15, -0.1) is 0 Å². The normalized spacial score (nSPS) is 13.2. The molecule has 6 nitrogen and oxygen atoms in total. The third-order valence-electron chi connectivity index (χ3n) is 3.40. The molecule has 7 heteroatoms. The van der Waals surface area contributed by atoms with Gasteiger partial charge in [-0.3, -0.25) is 9.59 Å². The zero-order valence-corrected chi connectivity index (χ0v) is 14.8. The maximum atomic E-state index is 12.4. The first kappa shape index (κ1) is 20.0. The third kappa shape index (κ3) is 6.58. The lowest BCUT2D eigenvalue weighted by Crippen LogP contribution is -2.52. The van der Waals surface area contributed by atoms with E-state index in [1.807, 2.05) is 13.8 Å². The molecule has 0 heterocycles. The Morgan fingerprint density at radius 1 is 1.12 bits per heavy atom. The van der Waals surface area contributed by atoms with Crippen LogP contribution >= 0.6 is 11.6 Å². The lowest BCUT2D eigenvalue weighted by molar-refractivity contribution is -0.142. The van der Waals surface area contributed by atoms with Crippen LogP contribution in [0.4, 0.5) is 0 Å². The quantitative estimate of drug-likeness (QED) is 0.665. The zero-order valence-electron chi connectivity index (χ0n) is 14.0. The second-order valence-electron chi connectivity index (χ2n) is 6.08. The number of carbonyl (C=O) groups excluding carboxylic acids is 2. The van der Waals surface area contributed by atoms with Crippen molar-refractivity contribution in [3.05, 3.63) is 34.9 Å². The SMILES string of the molecule is CC(=O)N[C@@H](CC(C)C)C(=O)N[C@H](Cc1ccccc1Cl)C(=O)O. The Morgan fingerprint density at radius 3 is 2.25 bits per heavy atom. The Hall–Kier alpha value is -2.08. The standard InChI is InChI=1S/C17H23ClN2O4/c1-10(2)8-14(19-11(3)21)16(22)20-15(17(23)24)9-12-6-4-5-7-13(12)18/h4-7,10,14-15H,8-9H2,1-3H3,(H,19,21)(H,20,22)(H,23,24)/t14-,15+/m0/s1. The minimum Gasteiger partial charge on any atom is -0.480 e. The topological polar surface area (TPSA) is 95.5 Å². The Morgan fingerprint density at radius 2 is 1.75 bits per heavy atom. The first-order valence-electron chi connectivity index (χ1n) is 7.74. The van der Waals surface area contributed by atoms with E-state index >= 15 is 0 Å². The molecule has 0 aromatic heterocycles. The molecule has 0 aliphatic carbocycles. The highest BCUT2D eigenvalue weighted by atomic mass is 35.5. The average molecular weight is 355 g/mol. The average Bonchev–Trinajstić information content (AvgIpc) is 2.46. The molecular formula is C17H23ClN2O4. The van der Waals surface area contributed by atoms with Gasteiger partial charge in [0, 0.05) is 18.4 Å². The number of hydrogen-bond acceptors (Lipinski definition) is 3. The molecule has 0 spiro atoms. The highest BCUT2D eigenvalue weighted by molar-refractivity contribution is 6.31. The fourth-order valence-electron chi connectivity index (χ4n) is 2.30. The van der Waals surface area contributed by atoms with E-state index in [2.05, 4.69) is 10.6 Å². The third-order valence-corrected chi connectivity index (χ3v) is 3.77. The molecule has 1 aromatic carbocycles. The molecule has 0 aliphatic heterocycles. The number of benzene rings is 1. The molecule has 0 saturated carbocycles. The Labute approximate surface area is 146 Å². The summed E-state index contributed by atoms with van der Waals surface area (Å²) in [6.07, 6.45) is 0.485. The molecule has 0 saturated heterocycles. The van der Waals surface area contributed by atoms with E-state index in [0.717, 1.165) is 0 Å². The van der Waals surface area contributed by atoms with Crippen LogP contribution in [0.1, 0.15) is 32.8 Å². The van der Waals surface area contributed by atoms with Gasteiger partial charge in [0.15, 0.2) is 0 Å². The van der Waals surface area contributed by atoms with E-state index in [1.54, 1.807) is 24.3 Å². The van der Waals surface area contributed by atoms with Crippen LogP contribution in [-0.4, -0.2) is 35.0 Å². The van der Waals surface area contributed by atoms with Gasteiger partial charge in [-0.25, -0.2) is 4.79 Å². The van der Waals surface area contributed by atoms with Crippen molar-refractivity contribution in [2.75, 3.05) is 0 Å². The monoisotopic (exact) mass is 354 g/mol. The van der Waals surface area contributed by atoms with Crippen molar-refractivity contribution in [3.8, 4) is 0 Å². The van der Waals surface area contributed by atoms with E-state index in [4.69, 9.17) is 11.6 Å². The first-order valence-corrected chi connectivity index (χ1v) is 8.12. The second-order valence-corrected chi connectivity index (χ2v) is 6.48. The molecular weight excluding hydrogens is 332 g/mol. The van der Waals surface area contributed by atoms with Crippen LogP contribution < -0.4 is 10.6 Å². The summed E-state index contributed by atoms with van der Waals surface area (Å²) in [5.74, 6) is -1.85. The maximum Gasteiger partial charge on any atom is 0.326 e. The summed E-state index contributed by atoms with van der Waals surface area (Å²) >= 11 is 6.05. The van der Waals surface area contributed by atoms with Crippen molar-refractivity contribution in [3.63, 3.8) is 0 Å². The lowest BCUT2D eigenvalue weighted by Gasteiger charge is -2.22. The van der Waals surface area contributed by atoms with Crippen molar-refractivity contribution in [2.45, 2.75) is 45.7 Å². The predicted octanol–water partition coefficient (Wildman–Crippen LogP) is 2.00. The minimum absolute atomic E-state index is 0.0647. The van der Waals surface area contributed by atoms with Crippen LogP contribution in [0, 0.1) is 5.92 Å². The van der Waals surface area contributed by atoms with E-state index in [9.17, 15) is 19.5 Å². The Balaban J connectivity index is 2.85. The summed E-state index contributed by atoms with van der Waals surface area (Å²) in [6.45, 7) is 5.15. The Bertz CT molecular complexity index is 604. The fraction of sp³-hybridized carbons (Fsp3) is 0.471. The number of nitrogens with one attached hydrogen (secondary N) is 2. The predicted molar refractivity (Wildman–Crippen MR) is 91.8 cm³/mol. The summed E-state index contributed by atoms with van der Waals surface area (Å²) in [5, 5.41) is 14.9. The maximum absolute atomic E-state index is 12.4. The smallest absolute Gasteiger partial charge is 0.326 e. The molecule has 132 valence electrons. The molecule has 1 rings (SSSR count). The molecule has 1 aromatic rings. The molecule has 3 N–H and O–H groups in total. The summed E-state index contributed by atoms with van der Waals surface area (Å²) in [5.41, 5.74) is 0.631. The number of aliphatic carboxylic acids is 1. The zero-order chi connectivity index (χ0) is 18.3. The van der Waals surface area contributed by atoms with Crippen molar-refractivity contribution < 1.29 is 19.5 Å². The summed E-state index contributed by atoms with van der Waals surface area (Å²) in [6, 6.07) is 4.98. The van der Waals surface area contributed by atoms with Gasteiger partial charge in [-0.05, 0) is 24.0 Å². The van der Waals surface area contributed by atoms with Gasteiger partial charge in [-0.2, -0.15) is 0 Å². The number of carboxylic acid groups (broad SMARTS) is 1. The number of carbonyl (C=O) groups is 3. The van der Waals surface area contributed by atoms with Crippen molar-refractivity contribution >= 4 is 29.4 Å². The van der Waals surface area contributed by atoms with Gasteiger partial charge >= 0.3 is 5.97 Å². The van der Waals surface area contributed by atoms with E-state index < -0.39 is 24.0 Å². The highest BCUT2D eigenvalue weighted by Crippen LogP contribution is 2.17. The van der Waals surface area contributed by atoms with Gasteiger partial charge in [0.25, 0.3) is 0 Å². The molecule has 0 radical (unpaired) electrons. The minimum atomic E-state index is -1.16. The van der Waals surface area contributed by atoms with Crippen LogP contribution in [0.2, 0.25) is 5.02 Å². The summed E-state index contributed by atoms with van der Waals surface area (Å²) < 4.78 is 0. The van der Waals surface area contributed by atoms with Crippen LogP contribution in [-0.2, 0) is 20.8 Å². The number of amides is 2. The summed E-state index contributed by atoms with van der Waals surface area (Å²) in [7, 11) is 0. The molecule has 2 atom stereocenters. The van der Waals surface area contributed by atoms with Crippen molar-refractivity contribution in [1.29, 1.82) is 0 Å². The van der Waals surface area contributed by atoms with Crippen LogP contribution in [0.25, 0.3) is 0 Å². The van der Waals surface area contributed by atoms with Gasteiger partial charge in [0.2, 0.25) is 11.8 Å². The molecule has 24 heavy (non-hydrogen) atoms. The molecule has 0 fully saturated rings. The van der Waals surface area contributed by atoms with Gasteiger partial charge in [0.1, 0.15) is 12.1 Å². The molecule has 2 amide bonds. The largest absolute Gasteiger partial charge is 0.480 e. The van der Waals surface area contributed by atoms with Gasteiger partial charge < -0.3 is 15.7 Å². The van der Waals surface area contributed by atoms with Crippen molar-refractivity contribution in [1.82, 2.24) is 10.6 Å². The van der Waals surface area contributed by atoms with Gasteiger partial charge in [0.05, 0.1) is 0 Å². The van der Waals surface area contributed by atoms with Crippen LogP contribution in [0.5, 0.6) is 0 Å². The molecule has 0 unspecified atom stereocenters. The van der Waals surface area contributed by atoms with Crippen molar-refractivity contribution in [2.24, 2.45) is 5.92 Å². The molecule has 0 aliphatic rings. The first-order chi connectivity index (χ1) is 11.2. The van der Waals surface area contributed by atoms with E-state index in [1.165, 1.54) is 6.92 Å². The van der Waals surface area contributed by atoms with E-state index in [0.29, 0.717) is 17.0 Å². The highest BCUT2D eigenvalue weighted by Gasteiger charge is 2.27. The van der Waals surface area contributed by atoms with E-state index in [-0.39, 0.29) is 18.2 Å². The number of hydrogen-bond donors (Lipinski definition) is 3. The second kappa shape index (κ2) is 9.27. The van der Waals surface area contributed by atoms with Crippen LogP contribution in [0.15, 0.2) is 24.3 Å². The fourth-order valence-corrected chi connectivity index (χ4v) is 2.52. The van der Waals surface area contributed by atoms with Crippen LogP contribution in [0.3, 0.4) is 0 Å². The number of halogens is 1.